The van der Waals surface area contributed by atoms with E-state index in [0.29, 0.717) is 12.3 Å². The van der Waals surface area contributed by atoms with Crippen molar-refractivity contribution in [3.8, 4) is 0 Å². The van der Waals surface area contributed by atoms with Crippen molar-refractivity contribution in [1.82, 2.24) is 0 Å². The third-order valence-electron chi connectivity index (χ3n) is 4.10. The van der Waals surface area contributed by atoms with Crippen LogP contribution >= 0.6 is 15.9 Å². The van der Waals surface area contributed by atoms with Gasteiger partial charge in [-0.05, 0) is 42.4 Å². The second-order valence-corrected chi connectivity index (χ2v) is 6.25. The summed E-state index contributed by atoms with van der Waals surface area (Å²) >= 11 is 3.47. The number of benzene rings is 2. The average Bonchev–Trinajstić information content (AvgIpc) is 2.48. The summed E-state index contributed by atoms with van der Waals surface area (Å²) in [6.07, 6.45) is 4.06. The van der Waals surface area contributed by atoms with E-state index in [1.54, 1.807) is 0 Å². The van der Waals surface area contributed by atoms with Crippen molar-refractivity contribution >= 4 is 21.7 Å². The van der Waals surface area contributed by atoms with E-state index in [9.17, 15) is 4.79 Å². The maximum absolute atomic E-state index is 12.5. The standard InChI is InChI=1S/C18H17BrO/c19-17-11-4-3-10-16(17)18(20)12-14-8-5-7-13-6-1-2-9-15(13)14/h1-4,6,9-11,14H,5,7-8,12H2. The number of carbonyl (C=O) groups is 1. The summed E-state index contributed by atoms with van der Waals surface area (Å²) in [4.78, 5) is 12.5. The van der Waals surface area contributed by atoms with Gasteiger partial charge in [-0.3, -0.25) is 4.79 Å². The number of ketones is 1. The third-order valence-corrected chi connectivity index (χ3v) is 4.79. The molecule has 0 saturated heterocycles. The zero-order valence-electron chi connectivity index (χ0n) is 11.3. The van der Waals surface area contributed by atoms with Crippen LogP contribution in [0.4, 0.5) is 0 Å². The molecule has 0 spiro atoms. The van der Waals surface area contributed by atoms with Gasteiger partial charge in [0.2, 0.25) is 0 Å². The summed E-state index contributed by atoms with van der Waals surface area (Å²) in [6, 6.07) is 16.3. The molecule has 0 aliphatic heterocycles. The van der Waals surface area contributed by atoms with Crippen LogP contribution in [0.2, 0.25) is 0 Å². The molecule has 1 unspecified atom stereocenters. The van der Waals surface area contributed by atoms with Gasteiger partial charge in [-0.1, -0.05) is 58.4 Å². The molecule has 102 valence electrons. The molecule has 1 aliphatic carbocycles. The van der Waals surface area contributed by atoms with Crippen LogP contribution in [0.25, 0.3) is 0 Å². The fraction of sp³-hybridized carbons (Fsp3) is 0.278. The molecule has 0 saturated carbocycles. The molecule has 0 aromatic heterocycles. The van der Waals surface area contributed by atoms with Gasteiger partial charge in [0.05, 0.1) is 0 Å². The zero-order valence-corrected chi connectivity index (χ0v) is 12.9. The Morgan fingerprint density at radius 1 is 1.10 bits per heavy atom. The van der Waals surface area contributed by atoms with E-state index in [2.05, 4.69) is 40.2 Å². The van der Waals surface area contributed by atoms with E-state index < -0.39 is 0 Å². The van der Waals surface area contributed by atoms with Crippen LogP contribution in [-0.4, -0.2) is 5.78 Å². The quantitative estimate of drug-likeness (QED) is 0.713. The first-order valence-electron chi connectivity index (χ1n) is 7.11. The van der Waals surface area contributed by atoms with Gasteiger partial charge in [0.25, 0.3) is 0 Å². The zero-order chi connectivity index (χ0) is 13.9. The summed E-state index contributed by atoms with van der Waals surface area (Å²) in [6.45, 7) is 0. The van der Waals surface area contributed by atoms with Crippen LogP contribution in [0.3, 0.4) is 0 Å². The average molecular weight is 329 g/mol. The summed E-state index contributed by atoms with van der Waals surface area (Å²) in [5.74, 6) is 0.610. The minimum atomic E-state index is 0.235. The Hall–Kier alpha value is -1.41. The summed E-state index contributed by atoms with van der Waals surface area (Å²) in [5, 5.41) is 0. The monoisotopic (exact) mass is 328 g/mol. The highest BCUT2D eigenvalue weighted by molar-refractivity contribution is 9.10. The number of aryl methyl sites for hydroxylation is 1. The Labute approximate surface area is 128 Å². The van der Waals surface area contributed by atoms with Crippen LogP contribution in [0.1, 0.15) is 46.7 Å². The molecule has 3 rings (SSSR count). The van der Waals surface area contributed by atoms with Gasteiger partial charge in [-0.15, -0.1) is 0 Å². The van der Waals surface area contributed by atoms with Crippen LogP contribution < -0.4 is 0 Å². The van der Waals surface area contributed by atoms with Crippen molar-refractivity contribution in [3.05, 3.63) is 69.7 Å². The van der Waals surface area contributed by atoms with Gasteiger partial charge >= 0.3 is 0 Å². The van der Waals surface area contributed by atoms with Gasteiger partial charge in [0.1, 0.15) is 0 Å². The maximum atomic E-state index is 12.5. The molecule has 2 aromatic carbocycles. The number of hydrogen-bond acceptors (Lipinski definition) is 1. The molecule has 20 heavy (non-hydrogen) atoms. The molecule has 1 aliphatic rings. The van der Waals surface area contributed by atoms with E-state index in [-0.39, 0.29) is 5.78 Å². The van der Waals surface area contributed by atoms with Gasteiger partial charge in [0.15, 0.2) is 5.78 Å². The van der Waals surface area contributed by atoms with Crippen molar-refractivity contribution in [2.75, 3.05) is 0 Å². The molecule has 0 N–H and O–H groups in total. The first-order chi connectivity index (χ1) is 9.75. The predicted octanol–water partition coefficient (Wildman–Crippen LogP) is 5.14. The Bertz CT molecular complexity index is 633. The second kappa shape index (κ2) is 5.92. The highest BCUT2D eigenvalue weighted by Gasteiger charge is 2.23. The number of halogens is 1. The number of Topliss-reactive ketones (excluding diaryl/α,β-unsaturated/α-hetero) is 1. The smallest absolute Gasteiger partial charge is 0.164 e. The van der Waals surface area contributed by atoms with E-state index in [1.807, 2.05) is 24.3 Å². The third kappa shape index (κ3) is 2.71. The minimum absolute atomic E-state index is 0.235. The Morgan fingerprint density at radius 2 is 1.85 bits per heavy atom. The summed E-state index contributed by atoms with van der Waals surface area (Å²) in [5.41, 5.74) is 3.60. The SMILES string of the molecule is O=C(CC1CCCc2ccccc21)c1ccccc1Br. The number of hydrogen-bond donors (Lipinski definition) is 0. The molecule has 0 bridgehead atoms. The molecule has 0 heterocycles. The number of fused-ring (bicyclic) bond motifs is 1. The van der Waals surface area contributed by atoms with Crippen molar-refractivity contribution in [3.63, 3.8) is 0 Å². The first kappa shape index (κ1) is 13.6. The summed E-state index contributed by atoms with van der Waals surface area (Å²) < 4.78 is 0.897. The van der Waals surface area contributed by atoms with Gasteiger partial charge in [0, 0.05) is 16.5 Å². The van der Waals surface area contributed by atoms with Crippen molar-refractivity contribution in [2.45, 2.75) is 31.6 Å². The van der Waals surface area contributed by atoms with Gasteiger partial charge in [-0.25, -0.2) is 0 Å². The van der Waals surface area contributed by atoms with Crippen LogP contribution in [0.15, 0.2) is 53.0 Å². The van der Waals surface area contributed by atoms with E-state index in [4.69, 9.17) is 0 Å². The topological polar surface area (TPSA) is 17.1 Å². The molecular formula is C18H17BrO. The lowest BCUT2D eigenvalue weighted by Crippen LogP contribution is -2.14. The van der Waals surface area contributed by atoms with E-state index >= 15 is 0 Å². The molecule has 0 radical (unpaired) electrons. The lowest BCUT2D eigenvalue weighted by molar-refractivity contribution is 0.0970. The largest absolute Gasteiger partial charge is 0.294 e. The molecule has 1 atom stereocenters. The first-order valence-corrected chi connectivity index (χ1v) is 7.90. The fourth-order valence-electron chi connectivity index (χ4n) is 3.09. The summed E-state index contributed by atoms with van der Waals surface area (Å²) in [7, 11) is 0. The Morgan fingerprint density at radius 3 is 2.70 bits per heavy atom. The molecule has 0 fully saturated rings. The Kier molecular flexibility index (Phi) is 4.02. The Balaban J connectivity index is 1.83. The molecule has 1 nitrogen and oxygen atoms in total. The minimum Gasteiger partial charge on any atom is -0.294 e. The maximum Gasteiger partial charge on any atom is 0.164 e. The number of carbonyl (C=O) groups excluding carboxylic acids is 1. The molecular weight excluding hydrogens is 312 g/mol. The van der Waals surface area contributed by atoms with Crippen molar-refractivity contribution in [1.29, 1.82) is 0 Å². The predicted molar refractivity (Wildman–Crippen MR) is 85.2 cm³/mol. The van der Waals surface area contributed by atoms with Gasteiger partial charge in [-0.2, -0.15) is 0 Å². The van der Waals surface area contributed by atoms with Crippen LogP contribution in [-0.2, 0) is 6.42 Å². The van der Waals surface area contributed by atoms with Crippen LogP contribution in [0, 0.1) is 0 Å². The van der Waals surface area contributed by atoms with Crippen molar-refractivity contribution < 1.29 is 4.79 Å². The van der Waals surface area contributed by atoms with Crippen LogP contribution in [0.5, 0.6) is 0 Å². The molecule has 2 heteroatoms. The highest BCUT2D eigenvalue weighted by Crippen LogP contribution is 2.35. The van der Waals surface area contributed by atoms with Gasteiger partial charge < -0.3 is 0 Å². The van der Waals surface area contributed by atoms with Crippen molar-refractivity contribution in [2.24, 2.45) is 0 Å². The second-order valence-electron chi connectivity index (χ2n) is 5.40. The molecule has 0 amide bonds. The highest BCUT2D eigenvalue weighted by atomic mass is 79.9. The normalized spacial score (nSPS) is 17.6. The fourth-order valence-corrected chi connectivity index (χ4v) is 3.59. The van der Waals surface area contributed by atoms with E-state index in [1.165, 1.54) is 17.5 Å². The molecule has 2 aromatic rings. The number of rotatable bonds is 3. The lowest BCUT2D eigenvalue weighted by atomic mass is 9.79. The lowest BCUT2D eigenvalue weighted by Gasteiger charge is -2.25. The van der Waals surface area contributed by atoms with E-state index in [0.717, 1.165) is 22.9 Å².